The Bertz CT molecular complexity index is 1330. The maximum atomic E-state index is 13.0. The molecule has 0 aliphatic heterocycles. The van der Waals surface area contributed by atoms with Gasteiger partial charge in [0.15, 0.2) is 0 Å². The summed E-state index contributed by atoms with van der Waals surface area (Å²) < 4.78 is 8.32. The summed E-state index contributed by atoms with van der Waals surface area (Å²) in [6.07, 6.45) is 2.32. The highest BCUT2D eigenvalue weighted by atomic mass is 16.5. The van der Waals surface area contributed by atoms with Crippen LogP contribution in [0.4, 0.5) is 5.82 Å². The zero-order valence-corrected chi connectivity index (χ0v) is 17.5. The molecule has 0 saturated carbocycles. The first-order valence-corrected chi connectivity index (χ1v) is 10.1. The number of rotatable bonds is 6. The maximum Gasteiger partial charge on any atom is 0.278 e. The van der Waals surface area contributed by atoms with Gasteiger partial charge in [0.1, 0.15) is 16.7 Å². The summed E-state index contributed by atoms with van der Waals surface area (Å²) >= 11 is 0. The predicted octanol–water partition coefficient (Wildman–Crippen LogP) is 1.72. The van der Waals surface area contributed by atoms with Crippen LogP contribution in [0.25, 0.3) is 16.7 Å². The summed E-state index contributed by atoms with van der Waals surface area (Å²) in [5.41, 5.74) is 8.40. The number of nitrogens with one attached hydrogen (secondary N) is 1. The van der Waals surface area contributed by atoms with E-state index in [1.54, 1.807) is 30.0 Å². The van der Waals surface area contributed by atoms with Gasteiger partial charge >= 0.3 is 0 Å². The fraction of sp³-hybridized carbons (Fsp3) is 0.217. The minimum Gasteiger partial charge on any atom is -0.497 e. The fourth-order valence-corrected chi connectivity index (χ4v) is 3.61. The second-order valence-electron chi connectivity index (χ2n) is 7.12. The molecule has 4 rings (SSSR count). The molecular formula is C23H24N5O3+. The van der Waals surface area contributed by atoms with E-state index in [-0.39, 0.29) is 22.8 Å². The van der Waals surface area contributed by atoms with Crippen molar-refractivity contribution in [2.45, 2.75) is 19.9 Å². The van der Waals surface area contributed by atoms with Crippen molar-refractivity contribution in [2.24, 2.45) is 0 Å². The molecule has 8 nitrogen and oxygen atoms in total. The van der Waals surface area contributed by atoms with Crippen LogP contribution in [0, 0.1) is 0 Å². The van der Waals surface area contributed by atoms with Gasteiger partial charge in [-0.3, -0.25) is 14.0 Å². The number of carbonyl (C=O) groups is 1. The molecule has 1 aromatic carbocycles. The number of nitrogens with two attached hydrogens (primary N) is 1. The number of amides is 1. The van der Waals surface area contributed by atoms with Gasteiger partial charge in [0, 0.05) is 12.7 Å². The van der Waals surface area contributed by atoms with Crippen LogP contribution in [-0.4, -0.2) is 28.9 Å². The van der Waals surface area contributed by atoms with Gasteiger partial charge in [-0.2, -0.15) is 0 Å². The number of nitrogens with zero attached hydrogens (tertiary/aromatic N) is 3. The topological polar surface area (TPSA) is 103 Å². The minimum absolute atomic E-state index is 0.241. The number of ether oxygens (including phenoxy) is 1. The van der Waals surface area contributed by atoms with Crippen molar-refractivity contribution < 1.29 is 14.1 Å². The molecule has 1 amide bonds. The Balaban J connectivity index is 1.65. The van der Waals surface area contributed by atoms with Crippen LogP contribution in [0.15, 0.2) is 59.5 Å². The molecule has 0 saturated heterocycles. The van der Waals surface area contributed by atoms with E-state index in [4.69, 9.17) is 10.5 Å². The van der Waals surface area contributed by atoms with Gasteiger partial charge in [-0.05, 0) is 49.2 Å². The van der Waals surface area contributed by atoms with Crippen molar-refractivity contribution >= 4 is 28.4 Å². The lowest BCUT2D eigenvalue weighted by atomic mass is 10.1. The van der Waals surface area contributed by atoms with E-state index in [9.17, 15) is 9.59 Å². The first-order valence-electron chi connectivity index (χ1n) is 10.1. The van der Waals surface area contributed by atoms with E-state index < -0.39 is 0 Å². The fourth-order valence-electron chi connectivity index (χ4n) is 3.61. The summed E-state index contributed by atoms with van der Waals surface area (Å²) in [4.78, 5) is 30.5. The third-order valence-corrected chi connectivity index (χ3v) is 5.28. The molecule has 0 fully saturated rings. The number of carbonyl (C=O) groups excluding carboxylic acids is 1. The molecule has 0 unspecified atom stereocenters. The van der Waals surface area contributed by atoms with E-state index in [1.807, 2.05) is 37.3 Å². The van der Waals surface area contributed by atoms with Crippen molar-refractivity contribution in [1.29, 1.82) is 0 Å². The van der Waals surface area contributed by atoms with Gasteiger partial charge in [-0.25, -0.2) is 4.57 Å². The second kappa shape index (κ2) is 8.43. The van der Waals surface area contributed by atoms with Crippen molar-refractivity contribution in [3.8, 4) is 5.75 Å². The molecule has 0 atom stereocenters. The van der Waals surface area contributed by atoms with Crippen LogP contribution in [0.1, 0.15) is 22.8 Å². The van der Waals surface area contributed by atoms with Gasteiger partial charge in [0.05, 0.1) is 13.7 Å². The Morgan fingerprint density at radius 1 is 1.23 bits per heavy atom. The number of aryl methyl sites for hydroxylation is 1. The number of hydrogen-bond donors (Lipinski definition) is 2. The van der Waals surface area contributed by atoms with Crippen LogP contribution in [0.2, 0.25) is 0 Å². The molecule has 0 radical (unpaired) electrons. The van der Waals surface area contributed by atoms with Crippen molar-refractivity contribution in [1.82, 2.24) is 14.7 Å². The number of benzene rings is 1. The number of aromatic nitrogens is 3. The highest BCUT2D eigenvalue weighted by Gasteiger charge is 2.23. The third-order valence-electron chi connectivity index (χ3n) is 5.28. The van der Waals surface area contributed by atoms with E-state index in [0.29, 0.717) is 36.2 Å². The number of pyridine rings is 2. The summed E-state index contributed by atoms with van der Waals surface area (Å²) in [6.45, 7) is 2.81. The SMILES string of the molecule is CC[n+]1c(N)c(C(=O)NCCc2ccc(OC)cc2)cc2c(=O)n3ccccc3nc21. The second-order valence-corrected chi connectivity index (χ2v) is 7.12. The quantitative estimate of drug-likeness (QED) is 0.367. The lowest BCUT2D eigenvalue weighted by Crippen LogP contribution is -2.42. The maximum absolute atomic E-state index is 13.0. The number of methoxy groups -OCH3 is 1. The molecule has 8 heteroatoms. The minimum atomic E-state index is -0.326. The molecule has 0 aliphatic rings. The lowest BCUT2D eigenvalue weighted by Gasteiger charge is -2.11. The molecule has 4 aromatic rings. The zero-order valence-electron chi connectivity index (χ0n) is 17.5. The Labute approximate surface area is 178 Å². The summed E-state index contributed by atoms with van der Waals surface area (Å²) in [6, 6.07) is 14.6. The average molecular weight is 418 g/mol. The molecule has 31 heavy (non-hydrogen) atoms. The van der Waals surface area contributed by atoms with Crippen LogP contribution in [0.3, 0.4) is 0 Å². The molecular weight excluding hydrogens is 394 g/mol. The highest BCUT2D eigenvalue weighted by Crippen LogP contribution is 2.15. The van der Waals surface area contributed by atoms with Gasteiger partial charge < -0.3 is 15.8 Å². The Kier molecular flexibility index (Phi) is 5.53. The monoisotopic (exact) mass is 418 g/mol. The Morgan fingerprint density at radius 2 is 2.00 bits per heavy atom. The van der Waals surface area contributed by atoms with Crippen LogP contribution in [-0.2, 0) is 13.0 Å². The molecule has 158 valence electrons. The van der Waals surface area contributed by atoms with Gasteiger partial charge in [-0.1, -0.05) is 23.2 Å². The molecule has 0 aliphatic carbocycles. The number of hydrogen-bond acceptors (Lipinski definition) is 5. The van der Waals surface area contributed by atoms with Crippen LogP contribution in [0.5, 0.6) is 5.75 Å². The van der Waals surface area contributed by atoms with Crippen molar-refractivity contribution in [2.75, 3.05) is 19.4 Å². The number of anilines is 1. The van der Waals surface area contributed by atoms with Gasteiger partial charge in [-0.15, -0.1) is 0 Å². The van der Waals surface area contributed by atoms with Crippen LogP contribution < -0.4 is 25.9 Å². The van der Waals surface area contributed by atoms with E-state index in [0.717, 1.165) is 11.3 Å². The largest absolute Gasteiger partial charge is 0.497 e. The smallest absolute Gasteiger partial charge is 0.278 e. The summed E-state index contributed by atoms with van der Waals surface area (Å²) in [5, 5.41) is 3.24. The molecule has 0 spiro atoms. The van der Waals surface area contributed by atoms with E-state index in [2.05, 4.69) is 10.3 Å². The third kappa shape index (κ3) is 3.79. The van der Waals surface area contributed by atoms with E-state index in [1.165, 1.54) is 10.5 Å². The molecule has 3 aromatic heterocycles. The number of fused-ring (bicyclic) bond motifs is 2. The van der Waals surface area contributed by atoms with E-state index >= 15 is 0 Å². The summed E-state index contributed by atoms with van der Waals surface area (Å²) in [7, 11) is 1.62. The van der Waals surface area contributed by atoms with Crippen LogP contribution >= 0.6 is 0 Å². The predicted molar refractivity (Wildman–Crippen MR) is 118 cm³/mol. The van der Waals surface area contributed by atoms with Gasteiger partial charge in [0.25, 0.3) is 17.1 Å². The van der Waals surface area contributed by atoms with Crippen molar-refractivity contribution in [3.05, 3.63) is 76.2 Å². The van der Waals surface area contributed by atoms with Gasteiger partial charge in [0.2, 0.25) is 11.5 Å². The van der Waals surface area contributed by atoms with Crippen molar-refractivity contribution in [3.63, 3.8) is 0 Å². The first kappa shape index (κ1) is 20.3. The zero-order chi connectivity index (χ0) is 22.0. The highest BCUT2D eigenvalue weighted by molar-refractivity contribution is 6.00. The Morgan fingerprint density at radius 3 is 2.71 bits per heavy atom. The first-order chi connectivity index (χ1) is 15.0. The summed E-state index contributed by atoms with van der Waals surface area (Å²) in [5.74, 6) is 0.741. The molecule has 0 bridgehead atoms. The standard InChI is InChI=1S/C23H23N5O3/c1-3-27-20(24)17(22(29)25-12-11-15-7-9-16(31-2)10-8-15)14-18-21(27)26-19-6-4-5-13-28(19)23(18)30/h4-10,13-14,24H,3,11-12H2,1-2H3,(H,25,29)/p+1. The average Bonchev–Trinajstić information content (AvgIpc) is 2.79. The number of nitrogen functional groups attached to an aromatic ring is 1. The Hall–Kier alpha value is -3.94. The normalized spacial score (nSPS) is 11.0. The lowest BCUT2D eigenvalue weighted by molar-refractivity contribution is -0.655. The molecule has 3 heterocycles. The molecule has 3 N–H and O–H groups in total.